The zero-order chi connectivity index (χ0) is 18.4. The van der Waals surface area contributed by atoms with Crippen molar-refractivity contribution in [2.75, 3.05) is 38.3 Å². The summed E-state index contributed by atoms with van der Waals surface area (Å²) in [6, 6.07) is 12.4. The first-order valence-electron chi connectivity index (χ1n) is 8.41. The molecule has 1 aromatic heterocycles. The molecule has 0 N–H and O–H groups in total. The van der Waals surface area contributed by atoms with E-state index in [0.717, 1.165) is 5.56 Å². The summed E-state index contributed by atoms with van der Waals surface area (Å²) in [4.78, 5) is 32.3. The summed E-state index contributed by atoms with van der Waals surface area (Å²) in [6.07, 6.45) is 1.66. The molecule has 0 aliphatic carbocycles. The fraction of sp³-hybridized carbons (Fsp3) is 0.316. The zero-order valence-electron chi connectivity index (χ0n) is 14.6. The van der Waals surface area contributed by atoms with Crippen LogP contribution in [0.5, 0.6) is 0 Å². The Morgan fingerprint density at radius 3 is 2.50 bits per heavy atom. The van der Waals surface area contributed by atoms with Crippen LogP contribution in [0, 0.1) is 0 Å². The molecular weight excluding hydrogens is 334 g/mol. The van der Waals surface area contributed by atoms with Gasteiger partial charge >= 0.3 is 12.0 Å². The Hall–Kier alpha value is -2.93. The first kappa shape index (κ1) is 17.9. The second kappa shape index (κ2) is 8.44. The summed E-state index contributed by atoms with van der Waals surface area (Å²) in [6.45, 7) is 2.55. The number of carbonyl (C=O) groups excluding carboxylic acids is 2. The number of urea groups is 1. The molecule has 0 unspecified atom stereocenters. The summed E-state index contributed by atoms with van der Waals surface area (Å²) in [5, 5.41) is 0. The lowest BCUT2D eigenvalue weighted by Crippen LogP contribution is -2.48. The smallest absolute Gasteiger partial charge is 0.337 e. The fourth-order valence-corrected chi connectivity index (χ4v) is 2.73. The van der Waals surface area contributed by atoms with Crippen molar-refractivity contribution in [2.24, 2.45) is 0 Å². The van der Waals surface area contributed by atoms with E-state index in [1.165, 1.54) is 7.11 Å². The molecule has 2 aromatic rings. The van der Waals surface area contributed by atoms with Crippen LogP contribution in [-0.2, 0) is 16.0 Å². The Morgan fingerprint density at radius 1 is 1.15 bits per heavy atom. The molecule has 7 heteroatoms. The Morgan fingerprint density at radius 2 is 1.88 bits per heavy atom. The number of esters is 1. The highest BCUT2D eigenvalue weighted by Crippen LogP contribution is 2.18. The molecule has 0 radical (unpaired) electrons. The molecule has 1 fully saturated rings. The summed E-state index contributed by atoms with van der Waals surface area (Å²) in [7, 11) is 1.35. The molecule has 2 amide bonds. The Bertz CT molecular complexity index is 743. The van der Waals surface area contributed by atoms with Gasteiger partial charge in [0.05, 0.1) is 32.4 Å². The minimum Gasteiger partial charge on any atom is -0.465 e. The largest absolute Gasteiger partial charge is 0.465 e. The number of ether oxygens (including phenoxy) is 2. The summed E-state index contributed by atoms with van der Waals surface area (Å²) >= 11 is 0. The van der Waals surface area contributed by atoms with Crippen LogP contribution in [0.25, 0.3) is 0 Å². The van der Waals surface area contributed by atoms with Crippen LogP contribution in [0.1, 0.15) is 15.9 Å². The number of pyridine rings is 1. The zero-order valence-corrected chi connectivity index (χ0v) is 14.6. The van der Waals surface area contributed by atoms with Crippen LogP contribution < -0.4 is 4.90 Å². The van der Waals surface area contributed by atoms with Crippen LogP contribution in [0.3, 0.4) is 0 Å². The van der Waals surface area contributed by atoms with Gasteiger partial charge in [0, 0.05) is 19.3 Å². The lowest BCUT2D eigenvalue weighted by Gasteiger charge is -2.32. The van der Waals surface area contributed by atoms with Crippen LogP contribution in [0.2, 0.25) is 0 Å². The van der Waals surface area contributed by atoms with Gasteiger partial charge < -0.3 is 14.4 Å². The molecule has 1 aliphatic rings. The first-order chi connectivity index (χ1) is 12.7. The van der Waals surface area contributed by atoms with Crippen molar-refractivity contribution in [1.82, 2.24) is 9.88 Å². The second-order valence-electron chi connectivity index (χ2n) is 5.84. The highest BCUT2D eigenvalue weighted by atomic mass is 16.5. The van der Waals surface area contributed by atoms with Crippen molar-refractivity contribution in [1.29, 1.82) is 0 Å². The molecule has 7 nitrogen and oxygen atoms in total. The fourth-order valence-electron chi connectivity index (χ4n) is 2.73. The van der Waals surface area contributed by atoms with Gasteiger partial charge in [0.2, 0.25) is 0 Å². The number of benzene rings is 1. The number of hydrogen-bond acceptors (Lipinski definition) is 5. The Labute approximate surface area is 152 Å². The average molecular weight is 355 g/mol. The minimum atomic E-state index is -0.387. The molecule has 1 aromatic carbocycles. The third-order valence-electron chi connectivity index (χ3n) is 4.15. The lowest BCUT2D eigenvalue weighted by molar-refractivity contribution is 0.0547. The van der Waals surface area contributed by atoms with Gasteiger partial charge in [-0.05, 0) is 29.8 Å². The standard InChI is InChI=1S/C19H21N3O4/c1-25-18(23)16-7-5-15(6-8-16)14-22(17-4-2-3-9-20-17)19(24)21-10-12-26-13-11-21/h2-9H,10-14H2,1H3. The topological polar surface area (TPSA) is 72.0 Å². The number of aromatic nitrogens is 1. The highest BCUT2D eigenvalue weighted by Gasteiger charge is 2.25. The monoisotopic (exact) mass is 355 g/mol. The molecule has 26 heavy (non-hydrogen) atoms. The van der Waals surface area contributed by atoms with E-state index in [2.05, 4.69) is 4.98 Å². The molecule has 0 bridgehead atoms. The molecule has 1 aliphatic heterocycles. The number of nitrogens with zero attached hydrogens (tertiary/aromatic N) is 3. The van der Waals surface area contributed by atoms with Gasteiger partial charge in [0.25, 0.3) is 0 Å². The maximum absolute atomic E-state index is 13.0. The Balaban J connectivity index is 1.81. The molecule has 136 valence electrons. The van der Waals surface area contributed by atoms with Crippen molar-refractivity contribution >= 4 is 17.8 Å². The molecule has 1 saturated heterocycles. The van der Waals surface area contributed by atoms with Gasteiger partial charge in [0.15, 0.2) is 0 Å². The van der Waals surface area contributed by atoms with Crippen molar-refractivity contribution in [3.05, 3.63) is 59.8 Å². The van der Waals surface area contributed by atoms with Gasteiger partial charge in [-0.15, -0.1) is 0 Å². The summed E-state index contributed by atoms with van der Waals surface area (Å²) < 4.78 is 10.0. The van der Waals surface area contributed by atoms with Crippen LogP contribution in [0.4, 0.5) is 10.6 Å². The molecule has 3 rings (SSSR count). The highest BCUT2D eigenvalue weighted by molar-refractivity contribution is 5.91. The third-order valence-corrected chi connectivity index (χ3v) is 4.15. The molecule has 0 saturated carbocycles. The predicted molar refractivity (Wildman–Crippen MR) is 96.0 cm³/mol. The lowest BCUT2D eigenvalue weighted by atomic mass is 10.1. The molecule has 0 spiro atoms. The number of morpholine rings is 1. The van der Waals surface area contributed by atoms with Crippen LogP contribution in [0.15, 0.2) is 48.7 Å². The van der Waals surface area contributed by atoms with E-state index in [4.69, 9.17) is 9.47 Å². The molecular formula is C19H21N3O4. The van der Waals surface area contributed by atoms with Crippen molar-refractivity contribution in [2.45, 2.75) is 6.54 Å². The van der Waals surface area contributed by atoms with Gasteiger partial charge in [-0.25, -0.2) is 14.6 Å². The van der Waals surface area contributed by atoms with E-state index in [1.807, 2.05) is 24.3 Å². The van der Waals surface area contributed by atoms with Gasteiger partial charge in [-0.2, -0.15) is 0 Å². The van der Waals surface area contributed by atoms with E-state index in [9.17, 15) is 9.59 Å². The maximum atomic E-state index is 13.0. The number of amides is 2. The number of rotatable bonds is 4. The number of carbonyl (C=O) groups is 2. The van der Waals surface area contributed by atoms with E-state index in [-0.39, 0.29) is 12.0 Å². The quantitative estimate of drug-likeness (QED) is 0.787. The van der Waals surface area contributed by atoms with Crippen molar-refractivity contribution in [3.8, 4) is 0 Å². The summed E-state index contributed by atoms with van der Waals surface area (Å²) in [5.74, 6) is 0.198. The molecule has 0 atom stereocenters. The average Bonchev–Trinajstić information content (AvgIpc) is 2.72. The SMILES string of the molecule is COC(=O)c1ccc(CN(C(=O)N2CCOCC2)c2ccccn2)cc1. The van der Waals surface area contributed by atoms with E-state index in [1.54, 1.807) is 34.2 Å². The van der Waals surface area contributed by atoms with Crippen LogP contribution >= 0.6 is 0 Å². The number of anilines is 1. The van der Waals surface area contributed by atoms with Gasteiger partial charge in [0.1, 0.15) is 5.82 Å². The normalized spacial score (nSPS) is 14.0. The van der Waals surface area contributed by atoms with Crippen molar-refractivity contribution in [3.63, 3.8) is 0 Å². The predicted octanol–water partition coefficient (Wildman–Crippen LogP) is 2.33. The first-order valence-corrected chi connectivity index (χ1v) is 8.41. The van der Waals surface area contributed by atoms with Gasteiger partial charge in [-0.1, -0.05) is 18.2 Å². The Kier molecular flexibility index (Phi) is 5.80. The number of methoxy groups -OCH3 is 1. The number of hydrogen-bond donors (Lipinski definition) is 0. The maximum Gasteiger partial charge on any atom is 0.337 e. The van der Waals surface area contributed by atoms with Gasteiger partial charge in [-0.3, -0.25) is 4.90 Å². The van der Waals surface area contributed by atoms with E-state index < -0.39 is 0 Å². The summed E-state index contributed by atoms with van der Waals surface area (Å²) in [5.41, 5.74) is 1.37. The molecule has 2 heterocycles. The minimum absolute atomic E-state index is 0.107. The van der Waals surface area contributed by atoms with Crippen molar-refractivity contribution < 1.29 is 19.1 Å². The van der Waals surface area contributed by atoms with E-state index in [0.29, 0.717) is 44.2 Å². The van der Waals surface area contributed by atoms with Crippen LogP contribution in [-0.4, -0.2) is 55.3 Å². The second-order valence-corrected chi connectivity index (χ2v) is 5.84. The van der Waals surface area contributed by atoms with E-state index >= 15 is 0 Å². The third kappa shape index (κ3) is 4.18.